The lowest BCUT2D eigenvalue weighted by molar-refractivity contribution is -1.00. The Labute approximate surface area is 151 Å². The van der Waals surface area contributed by atoms with Crippen LogP contribution in [0.4, 0.5) is 0 Å². The molecule has 5 rings (SSSR count). The van der Waals surface area contributed by atoms with Crippen molar-refractivity contribution < 1.29 is 24.1 Å². The smallest absolute Gasteiger partial charge is 0.315 e. The maximum absolute atomic E-state index is 12.7. The zero-order valence-electron chi connectivity index (χ0n) is 15.8. The van der Waals surface area contributed by atoms with Gasteiger partial charge >= 0.3 is 5.97 Å². The van der Waals surface area contributed by atoms with Gasteiger partial charge in [0, 0.05) is 5.92 Å². The van der Waals surface area contributed by atoms with Crippen LogP contribution in [0.25, 0.3) is 0 Å². The van der Waals surface area contributed by atoms with Crippen LogP contribution in [0, 0.1) is 23.2 Å². The number of likely N-dealkylation sites (N-methyl/N-ethyl adjacent to an activating group) is 1. The number of esters is 1. The van der Waals surface area contributed by atoms with Crippen molar-refractivity contribution in [3.05, 3.63) is 0 Å². The summed E-state index contributed by atoms with van der Waals surface area (Å²) in [4.78, 5) is 15.9. The third-order valence-corrected chi connectivity index (χ3v) is 8.40. The maximum Gasteiger partial charge on any atom is 0.315 e. The highest BCUT2D eigenvalue weighted by Crippen LogP contribution is 2.62. The second-order valence-electron chi connectivity index (χ2n) is 10.0. The molecule has 1 spiro atoms. The lowest BCUT2D eigenvalue weighted by Crippen LogP contribution is -3.27. The molecular weight excluding hydrogens is 316 g/mol. The van der Waals surface area contributed by atoms with Gasteiger partial charge < -0.3 is 19.3 Å². The minimum atomic E-state index is 0.0989. The summed E-state index contributed by atoms with van der Waals surface area (Å²) < 4.78 is 12.0. The van der Waals surface area contributed by atoms with Gasteiger partial charge in [-0.1, -0.05) is 6.92 Å². The summed E-state index contributed by atoms with van der Waals surface area (Å²) in [6.07, 6.45) is 6.17. The fraction of sp³-hybridized carbons (Fsp3) is 0.950. The van der Waals surface area contributed by atoms with Crippen LogP contribution < -0.4 is 9.80 Å². The summed E-state index contributed by atoms with van der Waals surface area (Å²) in [6.45, 7) is 9.22. The van der Waals surface area contributed by atoms with Gasteiger partial charge in [-0.2, -0.15) is 0 Å². The molecule has 3 aliphatic heterocycles. The molecule has 0 aromatic rings. The normalized spacial score (nSPS) is 54.7. The first-order valence-electron chi connectivity index (χ1n) is 10.5. The molecule has 0 aromatic carbocycles. The summed E-state index contributed by atoms with van der Waals surface area (Å²) in [5.41, 5.74) is 0.480. The molecule has 3 saturated heterocycles. The fourth-order valence-corrected chi connectivity index (χ4v) is 6.74. The van der Waals surface area contributed by atoms with Crippen LogP contribution in [0.1, 0.15) is 39.0 Å². The molecule has 0 radical (unpaired) electrons. The number of quaternary nitrogens is 2. The Hall–Kier alpha value is -0.650. The second-order valence-corrected chi connectivity index (χ2v) is 10.0. The second kappa shape index (κ2) is 5.67. The number of piperazine rings is 1. The SMILES string of the molecule is C[NH+]1CC[NH+](C[C@H]2C(=O)O[C@@H]3C[C@@]4(C)CCC[C@]5(CO5)[C@@H]4C[C@@H]32)CC1. The van der Waals surface area contributed by atoms with Crippen LogP contribution in [-0.4, -0.2) is 64.1 Å². The van der Waals surface area contributed by atoms with Gasteiger partial charge in [0.15, 0.2) is 0 Å². The summed E-state index contributed by atoms with van der Waals surface area (Å²) in [5, 5.41) is 0. The average molecular weight is 351 g/mol. The molecule has 0 aromatic heterocycles. The molecule has 0 unspecified atom stereocenters. The first-order valence-corrected chi connectivity index (χ1v) is 10.5. The van der Waals surface area contributed by atoms with Crippen molar-refractivity contribution >= 4 is 5.97 Å². The Morgan fingerprint density at radius 3 is 2.68 bits per heavy atom. The largest absolute Gasteiger partial charge is 0.462 e. The molecule has 140 valence electrons. The Morgan fingerprint density at radius 2 is 1.96 bits per heavy atom. The molecule has 2 saturated carbocycles. The van der Waals surface area contributed by atoms with Gasteiger partial charge in [0.25, 0.3) is 0 Å². The molecule has 0 bridgehead atoms. The van der Waals surface area contributed by atoms with Gasteiger partial charge in [0.2, 0.25) is 0 Å². The van der Waals surface area contributed by atoms with Crippen molar-refractivity contribution in [2.24, 2.45) is 23.2 Å². The topological polar surface area (TPSA) is 47.7 Å². The van der Waals surface area contributed by atoms with Gasteiger partial charge in [-0.25, -0.2) is 0 Å². The monoisotopic (exact) mass is 350 g/mol. The number of carbonyl (C=O) groups excluding carboxylic acids is 1. The van der Waals surface area contributed by atoms with Crippen LogP contribution in [0.15, 0.2) is 0 Å². The fourth-order valence-electron chi connectivity index (χ4n) is 6.74. The van der Waals surface area contributed by atoms with Crippen LogP contribution in [0.5, 0.6) is 0 Å². The third-order valence-electron chi connectivity index (χ3n) is 8.40. The van der Waals surface area contributed by atoms with Crippen molar-refractivity contribution in [3.63, 3.8) is 0 Å². The summed E-state index contributed by atoms with van der Waals surface area (Å²) in [5.74, 6) is 1.30. The minimum absolute atomic E-state index is 0.0989. The standard InChI is InChI=1S/C20H32N2O3/c1-19-4-3-5-20(13-24-20)17(19)10-14-15(18(23)25-16(14)11-19)12-22-8-6-21(2)7-9-22/h14-17H,3-13H2,1-2H3/p+2/t14-,15-,16-,17-,19-,20+/m1/s1. The Bertz CT molecular complexity index is 555. The van der Waals surface area contributed by atoms with Gasteiger partial charge in [0.05, 0.1) is 25.8 Å². The quantitative estimate of drug-likeness (QED) is 0.492. The first kappa shape index (κ1) is 16.5. The maximum atomic E-state index is 12.7. The highest BCUT2D eigenvalue weighted by Gasteiger charge is 2.65. The lowest BCUT2D eigenvalue weighted by Gasteiger charge is -2.51. The number of hydrogen-bond acceptors (Lipinski definition) is 3. The van der Waals surface area contributed by atoms with Gasteiger partial charge in [0.1, 0.15) is 38.2 Å². The predicted octanol–water partition coefficient (Wildman–Crippen LogP) is -1.07. The van der Waals surface area contributed by atoms with Crippen LogP contribution in [-0.2, 0) is 14.3 Å². The molecule has 2 N–H and O–H groups in total. The highest BCUT2D eigenvalue weighted by atomic mass is 16.6. The van der Waals surface area contributed by atoms with E-state index in [1.165, 1.54) is 45.4 Å². The van der Waals surface area contributed by atoms with Crippen LogP contribution >= 0.6 is 0 Å². The number of nitrogens with one attached hydrogen (secondary N) is 2. The lowest BCUT2D eigenvalue weighted by atomic mass is 9.53. The van der Waals surface area contributed by atoms with E-state index in [1.54, 1.807) is 9.80 Å². The van der Waals surface area contributed by atoms with E-state index in [1.807, 2.05) is 0 Å². The summed E-state index contributed by atoms with van der Waals surface area (Å²) in [6, 6.07) is 0. The molecule has 5 heteroatoms. The molecule has 3 heterocycles. The summed E-state index contributed by atoms with van der Waals surface area (Å²) in [7, 11) is 2.27. The van der Waals surface area contributed by atoms with E-state index in [2.05, 4.69) is 14.0 Å². The first-order chi connectivity index (χ1) is 12.0. The molecule has 2 aliphatic carbocycles. The van der Waals surface area contributed by atoms with Crippen molar-refractivity contribution in [2.45, 2.75) is 50.7 Å². The van der Waals surface area contributed by atoms with E-state index in [0.29, 0.717) is 17.3 Å². The van der Waals surface area contributed by atoms with Gasteiger partial charge in [-0.3, -0.25) is 4.79 Å². The summed E-state index contributed by atoms with van der Waals surface area (Å²) >= 11 is 0. The number of epoxide rings is 1. The third kappa shape index (κ3) is 2.65. The van der Waals surface area contributed by atoms with E-state index in [-0.39, 0.29) is 23.6 Å². The molecule has 0 amide bonds. The number of fused-ring (bicyclic) bond motifs is 3. The molecule has 5 nitrogen and oxygen atoms in total. The van der Waals surface area contributed by atoms with Crippen molar-refractivity contribution in [2.75, 3.05) is 46.4 Å². The molecule has 25 heavy (non-hydrogen) atoms. The minimum Gasteiger partial charge on any atom is -0.462 e. The van der Waals surface area contributed by atoms with Crippen LogP contribution in [0.3, 0.4) is 0 Å². The van der Waals surface area contributed by atoms with Crippen molar-refractivity contribution in [1.82, 2.24) is 0 Å². The zero-order chi connectivity index (χ0) is 17.2. The number of hydrogen-bond donors (Lipinski definition) is 2. The van der Waals surface area contributed by atoms with Crippen molar-refractivity contribution in [3.8, 4) is 0 Å². The van der Waals surface area contributed by atoms with E-state index < -0.39 is 0 Å². The number of ether oxygens (including phenoxy) is 2. The van der Waals surface area contributed by atoms with Gasteiger partial charge in [-0.15, -0.1) is 0 Å². The number of rotatable bonds is 2. The van der Waals surface area contributed by atoms with E-state index in [0.717, 1.165) is 26.0 Å². The molecule has 5 fully saturated rings. The van der Waals surface area contributed by atoms with Gasteiger partial charge in [-0.05, 0) is 43.4 Å². The van der Waals surface area contributed by atoms with E-state index in [9.17, 15) is 4.79 Å². The Balaban J connectivity index is 1.33. The molecule has 5 aliphatic rings. The highest BCUT2D eigenvalue weighted by molar-refractivity contribution is 5.75. The average Bonchev–Trinajstić information content (AvgIpc) is 3.28. The molecule has 6 atom stereocenters. The predicted molar refractivity (Wildman–Crippen MR) is 92.4 cm³/mol. The molecular formula is C20H34N2O3+2. The number of carbonyl (C=O) groups is 1. The van der Waals surface area contributed by atoms with Crippen molar-refractivity contribution in [1.29, 1.82) is 0 Å². The Morgan fingerprint density at radius 1 is 1.20 bits per heavy atom. The van der Waals surface area contributed by atoms with Crippen LogP contribution in [0.2, 0.25) is 0 Å². The van der Waals surface area contributed by atoms with E-state index >= 15 is 0 Å². The van der Waals surface area contributed by atoms with E-state index in [4.69, 9.17) is 9.47 Å². The zero-order valence-corrected chi connectivity index (χ0v) is 15.8. The Kier molecular flexibility index (Phi) is 3.75.